The highest BCUT2D eigenvalue weighted by Crippen LogP contribution is 2.32. The molecule has 0 N–H and O–H groups in total. The molecule has 4 nitrogen and oxygen atoms in total. The first-order valence-electron chi connectivity index (χ1n) is 13.1. The summed E-state index contributed by atoms with van der Waals surface area (Å²) < 4.78 is 57.3. The van der Waals surface area contributed by atoms with Gasteiger partial charge in [0.2, 0.25) is 0 Å². The normalized spacial score (nSPS) is 14.8. The molecule has 1 heterocycles. The first-order chi connectivity index (χ1) is 16.7. The van der Waals surface area contributed by atoms with Gasteiger partial charge in [-0.1, -0.05) is 71.1 Å². The lowest BCUT2D eigenvalue weighted by atomic mass is 9.96. The molecule has 1 fully saturated rings. The van der Waals surface area contributed by atoms with Crippen LogP contribution in [-0.4, -0.2) is 36.5 Å². The zero-order valence-electron chi connectivity index (χ0n) is 20.8. The van der Waals surface area contributed by atoms with Crippen LogP contribution in [0.5, 0.6) is 0 Å². The molecule has 1 aromatic rings. The van der Waals surface area contributed by atoms with E-state index in [1.807, 2.05) is 0 Å². The van der Waals surface area contributed by atoms with Gasteiger partial charge in [0.15, 0.2) is 0 Å². The van der Waals surface area contributed by atoms with Crippen molar-refractivity contribution in [2.45, 2.75) is 96.6 Å². The van der Waals surface area contributed by atoms with Gasteiger partial charge in [0.05, 0.1) is 18.1 Å². The Hall–Kier alpha value is -2.12. The van der Waals surface area contributed by atoms with E-state index in [2.05, 4.69) is 6.92 Å². The van der Waals surface area contributed by atoms with Gasteiger partial charge in [0.25, 0.3) is 5.91 Å². The molecule has 0 atom stereocenters. The number of benzene rings is 1. The number of ether oxygens (including phenoxy) is 1. The maximum absolute atomic E-state index is 13.8. The van der Waals surface area contributed by atoms with Gasteiger partial charge in [-0.2, -0.15) is 13.2 Å². The van der Waals surface area contributed by atoms with E-state index < -0.39 is 23.5 Å². The van der Waals surface area contributed by atoms with Gasteiger partial charge >= 0.3 is 12.1 Å². The molecule has 1 saturated heterocycles. The summed E-state index contributed by atoms with van der Waals surface area (Å²) in [4.78, 5) is 26.3. The zero-order chi connectivity index (χ0) is 25.7. The van der Waals surface area contributed by atoms with Crippen LogP contribution in [0.4, 0.5) is 17.6 Å². The smallest absolute Gasteiger partial charge is 0.419 e. The fourth-order valence-corrected chi connectivity index (χ4v) is 4.44. The second kappa shape index (κ2) is 15.1. The number of halogens is 4. The Morgan fingerprint density at radius 1 is 0.914 bits per heavy atom. The Kier molecular flexibility index (Phi) is 12.6. The highest BCUT2D eigenvalue weighted by molar-refractivity contribution is 5.94. The van der Waals surface area contributed by atoms with Gasteiger partial charge in [0.1, 0.15) is 5.82 Å². The lowest BCUT2D eigenvalue weighted by Gasteiger charge is -2.31. The Morgan fingerprint density at radius 3 is 1.97 bits per heavy atom. The first kappa shape index (κ1) is 29.1. The molecule has 0 aliphatic carbocycles. The van der Waals surface area contributed by atoms with Crippen molar-refractivity contribution in [3.8, 4) is 0 Å². The minimum atomic E-state index is -4.81. The molecule has 1 aliphatic rings. The molecule has 0 spiro atoms. The lowest BCUT2D eigenvalue weighted by Crippen LogP contribution is -2.40. The summed E-state index contributed by atoms with van der Waals surface area (Å²) >= 11 is 0. The third-order valence-corrected chi connectivity index (χ3v) is 6.63. The SMILES string of the molecule is CCCCCCCCCCCCCOC(=O)C1CCN(C(=O)c2ccc(C(F)(F)F)c(F)c2)CC1. The van der Waals surface area contributed by atoms with Crippen LogP contribution < -0.4 is 0 Å². The Bertz CT molecular complexity index is 789. The highest BCUT2D eigenvalue weighted by atomic mass is 19.4. The maximum Gasteiger partial charge on any atom is 0.419 e. The average molecular weight is 502 g/mol. The number of piperidine rings is 1. The minimum Gasteiger partial charge on any atom is -0.465 e. The molecule has 1 aliphatic heterocycles. The largest absolute Gasteiger partial charge is 0.465 e. The quantitative estimate of drug-likeness (QED) is 0.150. The minimum absolute atomic E-state index is 0.131. The monoisotopic (exact) mass is 501 g/mol. The number of unbranched alkanes of at least 4 members (excludes halogenated alkanes) is 10. The van der Waals surface area contributed by atoms with E-state index >= 15 is 0 Å². The number of nitrogens with zero attached hydrogens (tertiary/aromatic N) is 1. The predicted octanol–water partition coefficient (Wildman–Crippen LogP) is 7.55. The van der Waals surface area contributed by atoms with Crippen LogP contribution in [0.15, 0.2) is 18.2 Å². The molecular formula is C27H39F4NO3. The van der Waals surface area contributed by atoms with Gasteiger partial charge in [-0.15, -0.1) is 0 Å². The van der Waals surface area contributed by atoms with Gasteiger partial charge < -0.3 is 9.64 Å². The average Bonchev–Trinajstić information content (AvgIpc) is 2.83. The van der Waals surface area contributed by atoms with E-state index in [4.69, 9.17) is 4.74 Å². The van der Waals surface area contributed by atoms with Crippen molar-refractivity contribution in [1.29, 1.82) is 0 Å². The third kappa shape index (κ3) is 10.2. The fraction of sp³-hybridized carbons (Fsp3) is 0.704. The van der Waals surface area contributed by atoms with Crippen molar-refractivity contribution in [2.75, 3.05) is 19.7 Å². The number of rotatable bonds is 14. The van der Waals surface area contributed by atoms with Crippen molar-refractivity contribution in [3.63, 3.8) is 0 Å². The van der Waals surface area contributed by atoms with Crippen LogP contribution in [0.25, 0.3) is 0 Å². The summed E-state index contributed by atoms with van der Waals surface area (Å²) in [5.41, 5.74) is -1.53. The van der Waals surface area contributed by atoms with Crippen molar-refractivity contribution in [1.82, 2.24) is 4.90 Å². The van der Waals surface area contributed by atoms with Gasteiger partial charge in [-0.3, -0.25) is 9.59 Å². The van der Waals surface area contributed by atoms with Gasteiger partial charge in [-0.25, -0.2) is 4.39 Å². The van der Waals surface area contributed by atoms with Gasteiger partial charge in [-0.05, 0) is 37.5 Å². The van der Waals surface area contributed by atoms with Crippen LogP contribution in [0.2, 0.25) is 0 Å². The summed E-state index contributed by atoms with van der Waals surface area (Å²) in [7, 11) is 0. The summed E-state index contributed by atoms with van der Waals surface area (Å²) in [6.07, 6.45) is 9.47. The van der Waals surface area contributed by atoms with Gasteiger partial charge in [0, 0.05) is 18.7 Å². The molecule has 2 rings (SSSR count). The summed E-state index contributed by atoms with van der Waals surface area (Å²) in [6.45, 7) is 3.18. The molecule has 1 amide bonds. The maximum atomic E-state index is 13.8. The number of carbonyl (C=O) groups excluding carboxylic acids is 2. The zero-order valence-corrected chi connectivity index (χ0v) is 20.8. The predicted molar refractivity (Wildman–Crippen MR) is 127 cm³/mol. The summed E-state index contributed by atoms with van der Waals surface area (Å²) in [6, 6.07) is 2.20. The standard InChI is InChI=1S/C27H39F4NO3/c1-2-3-4-5-6-7-8-9-10-11-12-19-35-26(34)21-15-17-32(18-16-21)25(33)22-13-14-23(24(28)20-22)27(29,30)31/h13-14,20-21H,2-12,15-19H2,1H3. The molecular weight excluding hydrogens is 462 g/mol. The van der Waals surface area contributed by atoms with Crippen LogP contribution in [-0.2, 0) is 15.7 Å². The van der Waals surface area contributed by atoms with E-state index in [0.29, 0.717) is 31.6 Å². The molecule has 198 valence electrons. The number of alkyl halides is 3. The molecule has 35 heavy (non-hydrogen) atoms. The van der Waals surface area contributed by atoms with Crippen LogP contribution >= 0.6 is 0 Å². The third-order valence-electron chi connectivity index (χ3n) is 6.63. The van der Waals surface area contributed by atoms with Crippen LogP contribution in [0, 0.1) is 11.7 Å². The molecule has 0 radical (unpaired) electrons. The Balaban J connectivity index is 1.59. The second-order valence-electron chi connectivity index (χ2n) is 9.46. The fourth-order valence-electron chi connectivity index (χ4n) is 4.44. The number of amides is 1. The topological polar surface area (TPSA) is 46.6 Å². The number of carbonyl (C=O) groups is 2. The Labute approximate surface area is 206 Å². The Morgan fingerprint density at radius 2 is 1.46 bits per heavy atom. The van der Waals surface area contributed by atoms with Crippen molar-refractivity contribution in [3.05, 3.63) is 35.1 Å². The van der Waals surface area contributed by atoms with E-state index in [0.717, 1.165) is 25.3 Å². The van der Waals surface area contributed by atoms with E-state index in [1.54, 1.807) is 0 Å². The summed E-state index contributed by atoms with van der Waals surface area (Å²) in [5.74, 6) is -2.56. The van der Waals surface area contributed by atoms with Crippen molar-refractivity contribution >= 4 is 11.9 Å². The lowest BCUT2D eigenvalue weighted by molar-refractivity contribution is -0.150. The number of hydrogen-bond donors (Lipinski definition) is 0. The number of hydrogen-bond acceptors (Lipinski definition) is 3. The number of likely N-dealkylation sites (tertiary alicyclic amines) is 1. The van der Waals surface area contributed by atoms with Crippen LogP contribution in [0.1, 0.15) is 106 Å². The first-order valence-corrected chi connectivity index (χ1v) is 13.1. The van der Waals surface area contributed by atoms with E-state index in [9.17, 15) is 27.2 Å². The number of esters is 1. The highest BCUT2D eigenvalue weighted by Gasteiger charge is 2.35. The molecule has 8 heteroatoms. The molecule has 0 aromatic heterocycles. The molecule has 0 saturated carbocycles. The van der Waals surface area contributed by atoms with Crippen molar-refractivity contribution < 1.29 is 31.9 Å². The van der Waals surface area contributed by atoms with Crippen molar-refractivity contribution in [2.24, 2.45) is 5.92 Å². The summed E-state index contributed by atoms with van der Waals surface area (Å²) in [5, 5.41) is 0. The molecule has 0 unspecified atom stereocenters. The molecule has 0 bridgehead atoms. The van der Waals surface area contributed by atoms with E-state index in [1.165, 1.54) is 56.3 Å². The molecule has 1 aromatic carbocycles. The second-order valence-corrected chi connectivity index (χ2v) is 9.46. The van der Waals surface area contributed by atoms with Crippen LogP contribution in [0.3, 0.4) is 0 Å². The van der Waals surface area contributed by atoms with E-state index in [-0.39, 0.29) is 30.5 Å².